The van der Waals surface area contributed by atoms with E-state index in [1.165, 1.54) is 6.08 Å². The number of thioether (sulfide) groups is 1. The third kappa shape index (κ3) is 5.22. The van der Waals surface area contributed by atoms with Crippen LogP contribution >= 0.6 is 11.8 Å². The predicted molar refractivity (Wildman–Crippen MR) is 72.2 cm³/mol. The Kier molecular flexibility index (Phi) is 6.90. The molecule has 1 saturated heterocycles. The first kappa shape index (κ1) is 16.0. The first-order valence-corrected chi connectivity index (χ1v) is 7.09. The smallest absolute Gasteiger partial charge is 0.347 e. The Morgan fingerprint density at radius 2 is 2.37 bits per heavy atom. The van der Waals surface area contributed by atoms with Crippen molar-refractivity contribution < 1.29 is 24.2 Å². The van der Waals surface area contributed by atoms with Gasteiger partial charge in [-0.1, -0.05) is 12.7 Å². The molecular weight excluding hydrogens is 270 g/mol. The molecule has 0 radical (unpaired) electrons. The van der Waals surface area contributed by atoms with Gasteiger partial charge in [-0.15, -0.1) is 0 Å². The molecule has 19 heavy (non-hydrogen) atoms. The van der Waals surface area contributed by atoms with E-state index < -0.39 is 18.0 Å². The Bertz CT molecular complexity index is 330. The lowest BCUT2D eigenvalue weighted by Gasteiger charge is -2.29. The lowest BCUT2D eigenvalue weighted by Crippen LogP contribution is -2.44. The summed E-state index contributed by atoms with van der Waals surface area (Å²) < 4.78 is 10.1. The van der Waals surface area contributed by atoms with Gasteiger partial charge in [-0.25, -0.2) is 9.59 Å². The van der Waals surface area contributed by atoms with Gasteiger partial charge in [0.05, 0.1) is 6.10 Å². The van der Waals surface area contributed by atoms with Gasteiger partial charge in [0.1, 0.15) is 6.61 Å². The standard InChI is InChI=1S/C12H19NO5S/c1-3-5-17-12(16)10(11(14)15)18-8(2)9-7-13-4-6-19-9/h3,8-10,13H,1,4-7H2,2H3,(H,14,15). The molecule has 108 valence electrons. The molecule has 0 spiro atoms. The van der Waals surface area contributed by atoms with Crippen molar-refractivity contribution in [3.8, 4) is 0 Å². The van der Waals surface area contributed by atoms with Crippen molar-refractivity contribution in [1.82, 2.24) is 5.32 Å². The Morgan fingerprint density at radius 1 is 1.63 bits per heavy atom. The summed E-state index contributed by atoms with van der Waals surface area (Å²) in [6, 6.07) is 0. The van der Waals surface area contributed by atoms with Gasteiger partial charge in [-0.05, 0) is 6.92 Å². The maximum Gasteiger partial charge on any atom is 0.347 e. The molecule has 0 amide bonds. The molecule has 7 heteroatoms. The largest absolute Gasteiger partial charge is 0.479 e. The SMILES string of the molecule is C=CCOC(=O)C(OC(C)C1CNCCS1)C(=O)O. The van der Waals surface area contributed by atoms with Crippen molar-refractivity contribution in [3.63, 3.8) is 0 Å². The zero-order chi connectivity index (χ0) is 14.3. The van der Waals surface area contributed by atoms with Crippen molar-refractivity contribution in [2.45, 2.75) is 24.4 Å². The van der Waals surface area contributed by atoms with Crippen LogP contribution < -0.4 is 5.32 Å². The second-order valence-corrected chi connectivity index (χ2v) is 5.44. The Hall–Kier alpha value is -1.05. The van der Waals surface area contributed by atoms with Crippen molar-refractivity contribution in [1.29, 1.82) is 0 Å². The maximum atomic E-state index is 11.6. The fourth-order valence-electron chi connectivity index (χ4n) is 1.62. The summed E-state index contributed by atoms with van der Waals surface area (Å²) in [4.78, 5) is 22.6. The quantitative estimate of drug-likeness (QED) is 0.395. The lowest BCUT2D eigenvalue weighted by molar-refractivity contribution is -0.172. The predicted octanol–water partition coefficient (Wildman–Crippen LogP) is 0.279. The van der Waals surface area contributed by atoms with E-state index in [0.29, 0.717) is 0 Å². The molecule has 0 aromatic heterocycles. The maximum absolute atomic E-state index is 11.6. The van der Waals surface area contributed by atoms with E-state index in [0.717, 1.165) is 18.8 Å². The highest BCUT2D eigenvalue weighted by Crippen LogP contribution is 2.20. The van der Waals surface area contributed by atoms with E-state index in [-0.39, 0.29) is 18.0 Å². The number of carboxylic acid groups (broad SMARTS) is 1. The third-order valence-corrected chi connectivity index (χ3v) is 4.03. The summed E-state index contributed by atoms with van der Waals surface area (Å²) in [6.07, 6.45) is -0.561. The van der Waals surface area contributed by atoms with Gasteiger partial charge in [-0.3, -0.25) is 0 Å². The molecule has 1 heterocycles. The number of esters is 1. The first-order chi connectivity index (χ1) is 9.06. The van der Waals surface area contributed by atoms with Crippen molar-refractivity contribution in [2.75, 3.05) is 25.4 Å². The van der Waals surface area contributed by atoms with Gasteiger partial charge in [0.2, 0.25) is 0 Å². The van der Waals surface area contributed by atoms with E-state index >= 15 is 0 Å². The summed E-state index contributed by atoms with van der Waals surface area (Å²) in [5.74, 6) is -1.29. The molecule has 0 saturated carbocycles. The number of carbonyl (C=O) groups excluding carboxylic acids is 1. The number of nitrogens with one attached hydrogen (secondary N) is 1. The molecule has 3 unspecified atom stereocenters. The van der Waals surface area contributed by atoms with Crippen LogP contribution in [0.3, 0.4) is 0 Å². The number of carbonyl (C=O) groups is 2. The first-order valence-electron chi connectivity index (χ1n) is 6.04. The summed E-state index contributed by atoms with van der Waals surface area (Å²) in [5, 5.41) is 12.3. The van der Waals surface area contributed by atoms with Crippen LogP contribution in [-0.2, 0) is 19.1 Å². The van der Waals surface area contributed by atoms with E-state index in [1.807, 2.05) is 0 Å². The van der Waals surface area contributed by atoms with Crippen LogP contribution in [0.4, 0.5) is 0 Å². The number of hydrogen-bond donors (Lipinski definition) is 2. The van der Waals surface area contributed by atoms with Crippen LogP contribution in [0.15, 0.2) is 12.7 Å². The average molecular weight is 289 g/mol. The van der Waals surface area contributed by atoms with Gasteiger partial charge in [0, 0.05) is 24.1 Å². The van der Waals surface area contributed by atoms with E-state index in [9.17, 15) is 9.59 Å². The molecule has 1 fully saturated rings. The van der Waals surface area contributed by atoms with E-state index in [4.69, 9.17) is 14.6 Å². The number of aliphatic carboxylic acids is 1. The molecule has 0 aromatic rings. The summed E-state index contributed by atoms with van der Waals surface area (Å²) in [6.45, 7) is 6.80. The highest BCUT2D eigenvalue weighted by atomic mass is 32.2. The summed E-state index contributed by atoms with van der Waals surface area (Å²) in [7, 11) is 0. The van der Waals surface area contributed by atoms with E-state index in [2.05, 4.69) is 11.9 Å². The number of hydrogen-bond acceptors (Lipinski definition) is 6. The average Bonchev–Trinajstić information content (AvgIpc) is 2.42. The van der Waals surface area contributed by atoms with Gasteiger partial charge >= 0.3 is 11.9 Å². The van der Waals surface area contributed by atoms with Gasteiger partial charge in [-0.2, -0.15) is 11.8 Å². The summed E-state index contributed by atoms with van der Waals surface area (Å²) in [5.41, 5.74) is 0. The molecule has 0 bridgehead atoms. The van der Waals surface area contributed by atoms with Crippen LogP contribution in [0.2, 0.25) is 0 Å². The normalized spacial score (nSPS) is 22.3. The van der Waals surface area contributed by atoms with Crippen LogP contribution in [-0.4, -0.2) is 60.0 Å². The minimum Gasteiger partial charge on any atom is -0.479 e. The van der Waals surface area contributed by atoms with Crippen molar-refractivity contribution in [2.24, 2.45) is 0 Å². The van der Waals surface area contributed by atoms with Crippen LogP contribution in [0, 0.1) is 0 Å². The van der Waals surface area contributed by atoms with E-state index in [1.54, 1.807) is 18.7 Å². The number of carboxylic acids is 1. The zero-order valence-electron chi connectivity index (χ0n) is 10.8. The molecule has 0 aromatic carbocycles. The Morgan fingerprint density at radius 3 is 2.89 bits per heavy atom. The molecule has 2 N–H and O–H groups in total. The highest BCUT2D eigenvalue weighted by molar-refractivity contribution is 8.00. The molecule has 1 rings (SSSR count). The summed E-state index contributed by atoms with van der Waals surface area (Å²) >= 11 is 1.71. The minimum absolute atomic E-state index is 0.0277. The van der Waals surface area contributed by atoms with Crippen LogP contribution in [0.25, 0.3) is 0 Å². The molecular formula is C12H19NO5S. The van der Waals surface area contributed by atoms with Crippen molar-refractivity contribution >= 4 is 23.7 Å². The molecule has 0 aliphatic carbocycles. The third-order valence-electron chi connectivity index (χ3n) is 2.61. The van der Waals surface area contributed by atoms with Crippen molar-refractivity contribution in [3.05, 3.63) is 12.7 Å². The molecule has 1 aliphatic heterocycles. The molecule has 6 nitrogen and oxygen atoms in total. The van der Waals surface area contributed by atoms with Gasteiger partial charge in [0.25, 0.3) is 6.10 Å². The topological polar surface area (TPSA) is 84.9 Å². The van der Waals surface area contributed by atoms with Gasteiger partial charge < -0.3 is 19.9 Å². The fourth-order valence-corrected chi connectivity index (χ4v) is 2.76. The monoisotopic (exact) mass is 289 g/mol. The zero-order valence-corrected chi connectivity index (χ0v) is 11.6. The lowest BCUT2D eigenvalue weighted by atomic mass is 10.2. The molecule has 3 atom stereocenters. The minimum atomic E-state index is -1.59. The van der Waals surface area contributed by atoms with Gasteiger partial charge in [0.15, 0.2) is 0 Å². The second kappa shape index (κ2) is 8.19. The fraction of sp³-hybridized carbons (Fsp3) is 0.667. The molecule has 1 aliphatic rings. The highest BCUT2D eigenvalue weighted by Gasteiger charge is 2.33. The number of ether oxygens (including phenoxy) is 2. The van der Waals surface area contributed by atoms with Crippen LogP contribution in [0.5, 0.6) is 0 Å². The number of rotatable bonds is 7. The Balaban J connectivity index is 2.54. The Labute approximate surface area is 116 Å². The van der Waals surface area contributed by atoms with Crippen LogP contribution in [0.1, 0.15) is 6.92 Å². The second-order valence-electron chi connectivity index (χ2n) is 4.09.